The van der Waals surface area contributed by atoms with Gasteiger partial charge < -0.3 is 18.9 Å². The highest BCUT2D eigenvalue weighted by Gasteiger charge is 2.75. The number of hydrogen-bond acceptors (Lipinski definition) is 7. The zero-order valence-electron chi connectivity index (χ0n) is 22.8. The Balaban J connectivity index is 1.43. The van der Waals surface area contributed by atoms with E-state index in [2.05, 4.69) is 20.8 Å². The standard InChI is InChI=1S/C29H44O7/c1-15(7-10-23(32)33-6)20-8-9-21-24-22(35-17(3)31)14-18-13-19(34-16(2)30)11-12-28(18,4)25(24)26-27(36-26)29(20,21)5/h15,18-22,24-27H,7-14H2,1-6H3/t15-,18+,19-,20-,21+,22-,24-,25-,26+,27+,28+,29-/m1/s1. The maximum absolute atomic E-state index is 12.3. The summed E-state index contributed by atoms with van der Waals surface area (Å²) in [5.41, 5.74) is 0.116. The third-order valence-electron chi connectivity index (χ3n) is 11.3. The Labute approximate surface area is 215 Å². The topological polar surface area (TPSA) is 91.4 Å². The van der Waals surface area contributed by atoms with Crippen LogP contribution in [0.15, 0.2) is 0 Å². The monoisotopic (exact) mass is 504 g/mol. The molecular formula is C29H44O7. The van der Waals surface area contributed by atoms with Crippen LogP contribution in [0, 0.1) is 46.3 Å². The van der Waals surface area contributed by atoms with Gasteiger partial charge in [0.05, 0.1) is 19.3 Å². The van der Waals surface area contributed by atoms with Crippen molar-refractivity contribution >= 4 is 17.9 Å². The molecule has 4 aliphatic carbocycles. The van der Waals surface area contributed by atoms with Gasteiger partial charge in [0.2, 0.25) is 0 Å². The second kappa shape index (κ2) is 9.28. The summed E-state index contributed by atoms with van der Waals surface area (Å²) >= 11 is 0. The minimum absolute atomic E-state index is 0.0257. The third-order valence-corrected chi connectivity index (χ3v) is 11.3. The molecule has 4 saturated carbocycles. The molecule has 0 bridgehead atoms. The Bertz CT molecular complexity index is 902. The summed E-state index contributed by atoms with van der Waals surface area (Å²) in [6, 6.07) is 0. The van der Waals surface area contributed by atoms with Crippen molar-refractivity contribution in [2.45, 2.75) is 110 Å². The third kappa shape index (κ3) is 4.08. The number of ether oxygens (including phenoxy) is 4. The molecule has 7 nitrogen and oxygen atoms in total. The minimum atomic E-state index is -0.217. The number of rotatable bonds is 6. The highest BCUT2D eigenvalue weighted by molar-refractivity contribution is 5.69. The highest BCUT2D eigenvalue weighted by atomic mass is 16.6. The largest absolute Gasteiger partial charge is 0.469 e. The van der Waals surface area contributed by atoms with Gasteiger partial charge in [0.1, 0.15) is 12.2 Å². The number of carbonyl (C=O) groups excluding carboxylic acids is 3. The smallest absolute Gasteiger partial charge is 0.305 e. The predicted molar refractivity (Wildman–Crippen MR) is 132 cm³/mol. The lowest BCUT2D eigenvalue weighted by molar-refractivity contribution is -0.191. The fourth-order valence-electron chi connectivity index (χ4n) is 9.81. The van der Waals surface area contributed by atoms with Gasteiger partial charge in [-0.2, -0.15) is 0 Å². The maximum Gasteiger partial charge on any atom is 0.305 e. The molecule has 5 aliphatic rings. The van der Waals surface area contributed by atoms with Crippen LogP contribution in [0.2, 0.25) is 0 Å². The highest BCUT2D eigenvalue weighted by Crippen LogP contribution is 2.73. The number of epoxide rings is 1. The normalized spacial score (nSPS) is 47.3. The lowest BCUT2D eigenvalue weighted by atomic mass is 9.43. The summed E-state index contributed by atoms with van der Waals surface area (Å²) < 4.78 is 23.3. The summed E-state index contributed by atoms with van der Waals surface area (Å²) in [4.78, 5) is 35.8. The Morgan fingerprint density at radius 2 is 1.75 bits per heavy atom. The fraction of sp³-hybridized carbons (Fsp3) is 0.897. The molecular weight excluding hydrogens is 460 g/mol. The van der Waals surface area contributed by atoms with Gasteiger partial charge in [0.25, 0.3) is 0 Å². The summed E-state index contributed by atoms with van der Waals surface area (Å²) in [7, 11) is 1.45. The molecule has 0 aromatic heterocycles. The van der Waals surface area contributed by atoms with E-state index in [0.717, 1.165) is 44.9 Å². The molecule has 0 radical (unpaired) electrons. The van der Waals surface area contributed by atoms with Crippen LogP contribution in [0.4, 0.5) is 0 Å². The Morgan fingerprint density at radius 3 is 2.42 bits per heavy atom. The molecule has 5 rings (SSSR count). The van der Waals surface area contributed by atoms with E-state index in [-0.39, 0.29) is 59.1 Å². The van der Waals surface area contributed by atoms with Crippen LogP contribution in [-0.2, 0) is 33.3 Å². The number of hydrogen-bond donors (Lipinski definition) is 0. The second-order valence-electron chi connectivity index (χ2n) is 13.0. The minimum Gasteiger partial charge on any atom is -0.469 e. The zero-order chi connectivity index (χ0) is 26.0. The van der Waals surface area contributed by atoms with Crippen molar-refractivity contribution in [3.05, 3.63) is 0 Å². The van der Waals surface area contributed by atoms with Gasteiger partial charge in [-0.15, -0.1) is 0 Å². The average molecular weight is 505 g/mol. The number of esters is 3. The van der Waals surface area contributed by atoms with Gasteiger partial charge in [-0.3, -0.25) is 14.4 Å². The Hall–Kier alpha value is -1.63. The van der Waals surface area contributed by atoms with Gasteiger partial charge in [-0.1, -0.05) is 20.8 Å². The molecule has 0 N–H and O–H groups in total. The molecule has 0 unspecified atom stereocenters. The van der Waals surface area contributed by atoms with Crippen molar-refractivity contribution in [2.24, 2.45) is 46.3 Å². The second-order valence-corrected chi connectivity index (χ2v) is 13.0. The van der Waals surface area contributed by atoms with Gasteiger partial charge in [0, 0.05) is 31.6 Å². The summed E-state index contributed by atoms with van der Waals surface area (Å²) in [6.07, 6.45) is 7.35. The van der Waals surface area contributed by atoms with Crippen molar-refractivity contribution in [1.82, 2.24) is 0 Å². The predicted octanol–water partition coefficient (Wildman–Crippen LogP) is 4.70. The quantitative estimate of drug-likeness (QED) is 0.294. The van der Waals surface area contributed by atoms with Gasteiger partial charge >= 0.3 is 17.9 Å². The molecule has 7 heteroatoms. The first-order chi connectivity index (χ1) is 17.0. The van der Waals surface area contributed by atoms with Gasteiger partial charge in [0.15, 0.2) is 0 Å². The molecule has 202 valence electrons. The first-order valence-corrected chi connectivity index (χ1v) is 14.1. The van der Waals surface area contributed by atoms with E-state index in [1.807, 2.05) is 0 Å². The molecule has 1 heterocycles. The fourth-order valence-corrected chi connectivity index (χ4v) is 9.81. The van der Waals surface area contributed by atoms with E-state index in [1.54, 1.807) is 0 Å². The van der Waals surface area contributed by atoms with E-state index in [1.165, 1.54) is 21.0 Å². The lowest BCUT2D eigenvalue weighted by Gasteiger charge is -2.61. The molecule has 0 aromatic rings. The molecule has 0 amide bonds. The molecule has 1 saturated heterocycles. The van der Waals surface area contributed by atoms with Crippen LogP contribution in [0.1, 0.15) is 86.0 Å². The van der Waals surface area contributed by atoms with Crippen LogP contribution in [0.25, 0.3) is 0 Å². The SMILES string of the molecule is COC(=O)CC[C@@H](C)[C@H]1CC[C@H]2[C@H]3[C@H]([C@@H]4O[C@@H]4[C@]12C)[C@@]1(C)CC[C@@H](OC(C)=O)C[C@H]1C[C@H]3OC(C)=O. The molecule has 1 aliphatic heterocycles. The molecule has 0 aromatic carbocycles. The maximum atomic E-state index is 12.3. The number of methoxy groups -OCH3 is 1. The van der Waals surface area contributed by atoms with Crippen molar-refractivity contribution in [1.29, 1.82) is 0 Å². The Kier molecular flexibility index (Phi) is 6.70. The van der Waals surface area contributed by atoms with E-state index < -0.39 is 0 Å². The van der Waals surface area contributed by atoms with E-state index in [9.17, 15) is 14.4 Å². The first-order valence-electron chi connectivity index (χ1n) is 14.1. The van der Waals surface area contributed by atoms with Crippen molar-refractivity contribution in [3.8, 4) is 0 Å². The van der Waals surface area contributed by atoms with Crippen LogP contribution in [-0.4, -0.2) is 49.4 Å². The van der Waals surface area contributed by atoms with Gasteiger partial charge in [-0.05, 0) is 80.0 Å². The van der Waals surface area contributed by atoms with Crippen molar-refractivity contribution in [3.63, 3.8) is 0 Å². The first kappa shape index (κ1) is 26.0. The molecule has 0 spiro atoms. The number of carbonyl (C=O) groups is 3. The van der Waals surface area contributed by atoms with E-state index in [0.29, 0.717) is 36.0 Å². The summed E-state index contributed by atoms with van der Waals surface area (Å²) in [5.74, 6) is 1.72. The average Bonchev–Trinajstić information content (AvgIpc) is 3.53. The lowest BCUT2D eigenvalue weighted by Crippen LogP contribution is -2.62. The molecule has 36 heavy (non-hydrogen) atoms. The van der Waals surface area contributed by atoms with E-state index in [4.69, 9.17) is 18.9 Å². The van der Waals surface area contributed by atoms with Gasteiger partial charge in [-0.25, -0.2) is 0 Å². The zero-order valence-corrected chi connectivity index (χ0v) is 22.8. The van der Waals surface area contributed by atoms with E-state index >= 15 is 0 Å². The van der Waals surface area contributed by atoms with Crippen molar-refractivity contribution < 1.29 is 33.3 Å². The van der Waals surface area contributed by atoms with Crippen LogP contribution >= 0.6 is 0 Å². The van der Waals surface area contributed by atoms with Crippen LogP contribution < -0.4 is 0 Å². The summed E-state index contributed by atoms with van der Waals surface area (Å²) in [6.45, 7) is 10.1. The van der Waals surface area contributed by atoms with Crippen molar-refractivity contribution in [2.75, 3.05) is 7.11 Å². The summed E-state index contributed by atoms with van der Waals surface area (Å²) in [5, 5.41) is 0. The molecule has 12 atom stereocenters. The Morgan fingerprint density at radius 1 is 1.03 bits per heavy atom. The van der Waals surface area contributed by atoms with Crippen LogP contribution in [0.3, 0.4) is 0 Å². The van der Waals surface area contributed by atoms with Crippen LogP contribution in [0.5, 0.6) is 0 Å². The molecule has 5 fully saturated rings. The number of fused-ring (bicyclic) bond motifs is 8.